The van der Waals surface area contributed by atoms with Crippen molar-refractivity contribution in [2.45, 2.75) is 0 Å². The minimum absolute atomic E-state index is 0.527. The molecule has 0 bridgehead atoms. The number of methoxy groups -OCH3 is 1. The number of aromatic nitrogens is 2. The lowest BCUT2D eigenvalue weighted by molar-refractivity contribution is 0.417. The Kier molecular flexibility index (Phi) is 3.31. The van der Waals surface area contributed by atoms with E-state index >= 15 is 0 Å². The van der Waals surface area contributed by atoms with Gasteiger partial charge in [0.2, 0.25) is 0 Å². The van der Waals surface area contributed by atoms with Crippen LogP contribution in [-0.2, 0) is 0 Å². The highest BCUT2D eigenvalue weighted by Crippen LogP contribution is 2.35. The van der Waals surface area contributed by atoms with Crippen LogP contribution in [0.3, 0.4) is 0 Å². The van der Waals surface area contributed by atoms with Gasteiger partial charge in [-0.3, -0.25) is 4.40 Å². The van der Waals surface area contributed by atoms with Crippen molar-refractivity contribution in [1.29, 1.82) is 0 Å². The average Bonchev–Trinajstić information content (AvgIpc) is 2.79. The van der Waals surface area contributed by atoms with Crippen molar-refractivity contribution < 1.29 is 4.74 Å². The fourth-order valence-corrected chi connectivity index (χ4v) is 2.67. The van der Waals surface area contributed by atoms with E-state index in [9.17, 15) is 0 Å². The molecular formula is C14H11BrClN3O. The van der Waals surface area contributed by atoms with Crippen LogP contribution in [0.1, 0.15) is 0 Å². The summed E-state index contributed by atoms with van der Waals surface area (Å²) < 4.78 is 8.00. The summed E-state index contributed by atoms with van der Waals surface area (Å²) in [5.41, 5.74) is 8.27. The van der Waals surface area contributed by atoms with Crippen molar-refractivity contribution in [1.82, 2.24) is 9.38 Å². The van der Waals surface area contributed by atoms with E-state index in [1.807, 2.05) is 36.5 Å². The van der Waals surface area contributed by atoms with Gasteiger partial charge in [0.1, 0.15) is 11.5 Å². The number of pyridine rings is 1. The van der Waals surface area contributed by atoms with E-state index in [2.05, 4.69) is 20.9 Å². The summed E-state index contributed by atoms with van der Waals surface area (Å²) in [5.74, 6) is 1.19. The Balaban J connectivity index is 2.32. The van der Waals surface area contributed by atoms with Gasteiger partial charge in [-0.25, -0.2) is 4.98 Å². The van der Waals surface area contributed by atoms with Crippen LogP contribution >= 0.6 is 27.5 Å². The Morgan fingerprint density at radius 3 is 2.90 bits per heavy atom. The highest BCUT2D eigenvalue weighted by Gasteiger charge is 2.16. The fraction of sp³-hybridized carbons (Fsp3) is 0.0714. The Bertz CT molecular complexity index is 800. The molecule has 0 saturated heterocycles. The quantitative estimate of drug-likeness (QED) is 0.758. The van der Waals surface area contributed by atoms with Crippen molar-refractivity contribution in [3.63, 3.8) is 0 Å². The SMILES string of the molecule is COc1cccn2c(N)c(-c3cc(Br)ccc3Cl)nc12. The van der Waals surface area contributed by atoms with Gasteiger partial charge in [-0.15, -0.1) is 0 Å². The maximum atomic E-state index is 6.25. The van der Waals surface area contributed by atoms with Crippen LogP contribution in [0.15, 0.2) is 41.0 Å². The van der Waals surface area contributed by atoms with Gasteiger partial charge in [-0.2, -0.15) is 0 Å². The molecule has 20 heavy (non-hydrogen) atoms. The number of fused-ring (bicyclic) bond motifs is 1. The number of nitrogens with two attached hydrogens (primary N) is 1. The zero-order chi connectivity index (χ0) is 14.3. The molecule has 102 valence electrons. The summed E-state index contributed by atoms with van der Waals surface area (Å²) in [5, 5.41) is 0.599. The Morgan fingerprint density at radius 2 is 2.15 bits per heavy atom. The number of rotatable bonds is 2. The van der Waals surface area contributed by atoms with E-state index in [-0.39, 0.29) is 0 Å². The lowest BCUT2D eigenvalue weighted by atomic mass is 10.1. The topological polar surface area (TPSA) is 52.5 Å². The van der Waals surface area contributed by atoms with Crippen molar-refractivity contribution in [3.05, 3.63) is 46.0 Å². The van der Waals surface area contributed by atoms with Gasteiger partial charge in [0.25, 0.3) is 0 Å². The van der Waals surface area contributed by atoms with Gasteiger partial charge >= 0.3 is 0 Å². The average molecular weight is 353 g/mol. The smallest absolute Gasteiger partial charge is 0.181 e. The highest BCUT2D eigenvalue weighted by atomic mass is 79.9. The second-order valence-corrected chi connectivity index (χ2v) is 5.56. The van der Waals surface area contributed by atoms with Gasteiger partial charge in [0, 0.05) is 16.2 Å². The van der Waals surface area contributed by atoms with Gasteiger partial charge in [0.15, 0.2) is 11.4 Å². The minimum Gasteiger partial charge on any atom is -0.493 e. The molecule has 4 nitrogen and oxygen atoms in total. The van der Waals surface area contributed by atoms with Crippen LogP contribution in [0.25, 0.3) is 16.9 Å². The maximum Gasteiger partial charge on any atom is 0.181 e. The molecule has 3 rings (SSSR count). The highest BCUT2D eigenvalue weighted by molar-refractivity contribution is 9.10. The zero-order valence-electron chi connectivity index (χ0n) is 10.6. The van der Waals surface area contributed by atoms with E-state index in [0.717, 1.165) is 10.0 Å². The van der Waals surface area contributed by atoms with Crippen LogP contribution in [0, 0.1) is 0 Å². The standard InChI is InChI=1S/C14H11BrClN3O/c1-20-11-3-2-6-19-13(17)12(18-14(11)19)9-7-8(15)4-5-10(9)16/h2-7H,17H2,1H3. The van der Waals surface area contributed by atoms with E-state index in [1.165, 1.54) is 0 Å². The first-order valence-electron chi connectivity index (χ1n) is 5.88. The molecule has 0 aliphatic rings. The zero-order valence-corrected chi connectivity index (χ0v) is 12.9. The monoisotopic (exact) mass is 351 g/mol. The molecule has 2 N–H and O–H groups in total. The van der Waals surface area contributed by atoms with Crippen molar-refractivity contribution in [2.24, 2.45) is 0 Å². The number of nitrogen functional groups attached to an aromatic ring is 1. The fourth-order valence-electron chi connectivity index (χ4n) is 2.10. The lowest BCUT2D eigenvalue weighted by Crippen LogP contribution is -1.95. The van der Waals surface area contributed by atoms with Crippen LogP contribution in [0.2, 0.25) is 5.02 Å². The molecule has 0 spiro atoms. The summed E-state index contributed by atoms with van der Waals surface area (Å²) in [4.78, 5) is 4.56. The predicted octanol–water partition coefficient (Wildman–Crippen LogP) is 4.01. The number of nitrogens with zero attached hydrogens (tertiary/aromatic N) is 2. The van der Waals surface area contributed by atoms with E-state index in [1.54, 1.807) is 11.5 Å². The van der Waals surface area contributed by atoms with Crippen LogP contribution < -0.4 is 10.5 Å². The number of benzene rings is 1. The van der Waals surface area contributed by atoms with Crippen LogP contribution in [-0.4, -0.2) is 16.5 Å². The molecule has 3 aromatic rings. The number of ether oxygens (including phenoxy) is 1. The van der Waals surface area contributed by atoms with Crippen molar-refractivity contribution in [2.75, 3.05) is 12.8 Å². The molecule has 0 fully saturated rings. The van der Waals surface area contributed by atoms with E-state index in [4.69, 9.17) is 22.1 Å². The summed E-state index contributed by atoms with van der Waals surface area (Å²) in [6, 6.07) is 9.28. The number of halogens is 2. The number of anilines is 1. The third kappa shape index (κ3) is 2.03. The first-order chi connectivity index (χ1) is 9.61. The molecule has 2 heterocycles. The first kappa shape index (κ1) is 13.3. The minimum atomic E-state index is 0.527. The molecule has 0 aliphatic heterocycles. The van der Waals surface area contributed by atoms with Gasteiger partial charge in [-0.05, 0) is 30.3 Å². The van der Waals surface area contributed by atoms with E-state index in [0.29, 0.717) is 27.9 Å². The third-order valence-electron chi connectivity index (χ3n) is 3.05. The molecule has 0 radical (unpaired) electrons. The first-order valence-corrected chi connectivity index (χ1v) is 7.05. The van der Waals surface area contributed by atoms with E-state index < -0.39 is 0 Å². The predicted molar refractivity (Wildman–Crippen MR) is 84.3 cm³/mol. The molecule has 2 aromatic heterocycles. The molecular weight excluding hydrogens is 342 g/mol. The second-order valence-electron chi connectivity index (χ2n) is 4.24. The molecule has 1 aromatic carbocycles. The summed E-state index contributed by atoms with van der Waals surface area (Å²) >= 11 is 9.68. The summed E-state index contributed by atoms with van der Waals surface area (Å²) in [6.07, 6.45) is 1.84. The molecule has 6 heteroatoms. The maximum absolute atomic E-state index is 6.25. The number of imidazole rings is 1. The molecule has 0 amide bonds. The normalized spacial score (nSPS) is 10.9. The molecule has 0 unspecified atom stereocenters. The lowest BCUT2D eigenvalue weighted by Gasteiger charge is -2.03. The number of hydrogen-bond donors (Lipinski definition) is 1. The van der Waals surface area contributed by atoms with Crippen LogP contribution in [0.5, 0.6) is 5.75 Å². The third-order valence-corrected chi connectivity index (χ3v) is 3.88. The Labute approximate surface area is 129 Å². The van der Waals surface area contributed by atoms with Gasteiger partial charge in [-0.1, -0.05) is 27.5 Å². The number of hydrogen-bond acceptors (Lipinski definition) is 3. The molecule has 0 aliphatic carbocycles. The largest absolute Gasteiger partial charge is 0.493 e. The summed E-state index contributed by atoms with van der Waals surface area (Å²) in [7, 11) is 1.60. The summed E-state index contributed by atoms with van der Waals surface area (Å²) in [6.45, 7) is 0. The van der Waals surface area contributed by atoms with Gasteiger partial charge < -0.3 is 10.5 Å². The van der Waals surface area contributed by atoms with Crippen LogP contribution in [0.4, 0.5) is 5.82 Å². The Hall–Kier alpha value is -1.72. The Morgan fingerprint density at radius 1 is 1.35 bits per heavy atom. The molecule has 0 saturated carbocycles. The van der Waals surface area contributed by atoms with Crippen molar-refractivity contribution in [3.8, 4) is 17.0 Å². The van der Waals surface area contributed by atoms with Crippen molar-refractivity contribution >= 4 is 39.0 Å². The van der Waals surface area contributed by atoms with Gasteiger partial charge in [0.05, 0.1) is 12.1 Å². The second kappa shape index (κ2) is 5.00. The molecule has 0 atom stereocenters.